The van der Waals surface area contributed by atoms with Crippen molar-refractivity contribution in [1.29, 1.82) is 0 Å². The Labute approximate surface area is 411 Å². The quantitative estimate of drug-likeness (QED) is 0.0321. The summed E-state index contributed by atoms with van der Waals surface area (Å²) in [7, 11) is 0. The van der Waals surface area contributed by atoms with Crippen LogP contribution in [0.4, 0.5) is 0 Å². The van der Waals surface area contributed by atoms with E-state index in [1.54, 1.807) is 6.08 Å². The van der Waals surface area contributed by atoms with E-state index in [-0.39, 0.29) is 18.5 Å². The lowest BCUT2D eigenvalue weighted by molar-refractivity contribution is -0.143. The van der Waals surface area contributed by atoms with Crippen LogP contribution in [-0.4, -0.2) is 47.4 Å². The number of hydrogen-bond donors (Lipinski definition) is 3. The van der Waals surface area contributed by atoms with Crippen LogP contribution >= 0.6 is 0 Å². The molecule has 0 aliphatic carbocycles. The normalized spacial score (nSPS) is 12.7. The molecule has 0 rings (SSSR count). The third kappa shape index (κ3) is 51.7. The van der Waals surface area contributed by atoms with Crippen LogP contribution in [0.2, 0.25) is 0 Å². The molecule has 0 aromatic carbocycles. The zero-order valence-electron chi connectivity index (χ0n) is 44.4. The fourth-order valence-corrected chi connectivity index (χ4v) is 9.16. The number of hydrogen-bond acceptors (Lipinski definition) is 5. The summed E-state index contributed by atoms with van der Waals surface area (Å²) in [5.41, 5.74) is 0. The number of nitrogens with one attached hydrogen (secondary N) is 1. The van der Waals surface area contributed by atoms with E-state index in [0.29, 0.717) is 19.4 Å². The van der Waals surface area contributed by atoms with Gasteiger partial charge in [-0.3, -0.25) is 9.59 Å². The second kappa shape index (κ2) is 55.9. The van der Waals surface area contributed by atoms with Gasteiger partial charge in [0.05, 0.1) is 25.4 Å². The van der Waals surface area contributed by atoms with E-state index in [4.69, 9.17) is 4.74 Å². The molecule has 2 unspecified atom stereocenters. The lowest BCUT2D eigenvalue weighted by Crippen LogP contribution is -2.45. The number of carbonyl (C=O) groups is 2. The maximum absolute atomic E-state index is 12.5. The van der Waals surface area contributed by atoms with E-state index in [1.807, 2.05) is 6.08 Å². The lowest BCUT2D eigenvalue weighted by Gasteiger charge is -2.20. The van der Waals surface area contributed by atoms with Gasteiger partial charge in [0.2, 0.25) is 5.91 Å². The molecular formula is C60H115NO5. The summed E-state index contributed by atoms with van der Waals surface area (Å²) in [5, 5.41) is 23.1. The molecule has 6 nitrogen and oxygen atoms in total. The molecule has 0 saturated carbocycles. The van der Waals surface area contributed by atoms with Crippen LogP contribution in [0.1, 0.15) is 322 Å². The number of esters is 1. The molecule has 0 saturated heterocycles. The Bertz CT molecular complexity index is 1030. The van der Waals surface area contributed by atoms with Gasteiger partial charge in [-0.25, -0.2) is 0 Å². The van der Waals surface area contributed by atoms with Crippen molar-refractivity contribution < 1.29 is 24.5 Å². The summed E-state index contributed by atoms with van der Waals surface area (Å²) < 4.78 is 5.48. The SMILES string of the molecule is CCCCCCCCCCCCCCCC/C=C/C(O)C(CO)NC(=O)CCCCCCCCC/C=C\CCCCCCCCCCOC(=O)CCCCCCCCCCCCCCCC. The zero-order chi connectivity index (χ0) is 47.9. The van der Waals surface area contributed by atoms with Crippen molar-refractivity contribution in [2.24, 2.45) is 0 Å². The molecule has 3 N–H and O–H groups in total. The third-order valence-electron chi connectivity index (χ3n) is 13.7. The fourth-order valence-electron chi connectivity index (χ4n) is 9.16. The van der Waals surface area contributed by atoms with Gasteiger partial charge in [-0.05, 0) is 57.8 Å². The second-order valence-corrected chi connectivity index (χ2v) is 20.3. The van der Waals surface area contributed by atoms with E-state index < -0.39 is 12.1 Å². The highest BCUT2D eigenvalue weighted by Crippen LogP contribution is 2.17. The number of aliphatic hydroxyl groups excluding tert-OH is 2. The molecule has 0 heterocycles. The van der Waals surface area contributed by atoms with Crippen molar-refractivity contribution in [3.05, 3.63) is 24.3 Å². The van der Waals surface area contributed by atoms with Crippen LogP contribution in [0.3, 0.4) is 0 Å². The number of carbonyl (C=O) groups excluding carboxylic acids is 2. The molecule has 2 atom stereocenters. The van der Waals surface area contributed by atoms with Gasteiger partial charge in [-0.15, -0.1) is 0 Å². The second-order valence-electron chi connectivity index (χ2n) is 20.3. The van der Waals surface area contributed by atoms with Crippen LogP contribution in [0.25, 0.3) is 0 Å². The van der Waals surface area contributed by atoms with Crippen LogP contribution in [0.5, 0.6) is 0 Å². The summed E-state index contributed by atoms with van der Waals surface area (Å²) >= 11 is 0. The van der Waals surface area contributed by atoms with Crippen molar-refractivity contribution >= 4 is 11.9 Å². The van der Waals surface area contributed by atoms with Crippen LogP contribution in [0.15, 0.2) is 24.3 Å². The summed E-state index contributed by atoms with van der Waals surface area (Å²) in [4.78, 5) is 24.5. The van der Waals surface area contributed by atoms with Crippen LogP contribution in [-0.2, 0) is 14.3 Å². The largest absolute Gasteiger partial charge is 0.466 e. The topological polar surface area (TPSA) is 95.9 Å². The molecule has 0 aliphatic heterocycles. The van der Waals surface area contributed by atoms with Gasteiger partial charge >= 0.3 is 5.97 Å². The molecule has 66 heavy (non-hydrogen) atoms. The molecule has 0 aromatic heterocycles. The predicted molar refractivity (Wildman–Crippen MR) is 287 cm³/mol. The average molecular weight is 931 g/mol. The number of aliphatic hydroxyl groups is 2. The first-order valence-electron chi connectivity index (χ1n) is 29.6. The van der Waals surface area contributed by atoms with Crippen molar-refractivity contribution in [3.8, 4) is 0 Å². The summed E-state index contributed by atoms with van der Waals surface area (Å²) in [6.07, 6.45) is 67.7. The van der Waals surface area contributed by atoms with Gasteiger partial charge in [-0.2, -0.15) is 0 Å². The van der Waals surface area contributed by atoms with Gasteiger partial charge in [0.1, 0.15) is 0 Å². The maximum atomic E-state index is 12.5. The third-order valence-corrected chi connectivity index (χ3v) is 13.7. The smallest absolute Gasteiger partial charge is 0.305 e. The molecule has 6 heteroatoms. The van der Waals surface area contributed by atoms with Gasteiger partial charge in [0, 0.05) is 12.8 Å². The Balaban J connectivity index is 3.46. The zero-order valence-corrected chi connectivity index (χ0v) is 44.4. The summed E-state index contributed by atoms with van der Waals surface area (Å²) in [6, 6.07) is -0.634. The molecule has 0 aliphatic rings. The number of unbranched alkanes of at least 4 members (excludes halogenated alkanes) is 42. The van der Waals surface area contributed by atoms with Crippen molar-refractivity contribution in [1.82, 2.24) is 5.32 Å². The van der Waals surface area contributed by atoms with Gasteiger partial charge in [-0.1, -0.05) is 276 Å². The minimum Gasteiger partial charge on any atom is -0.466 e. The van der Waals surface area contributed by atoms with E-state index in [1.165, 1.54) is 244 Å². The molecule has 390 valence electrons. The van der Waals surface area contributed by atoms with E-state index >= 15 is 0 Å². The predicted octanol–water partition coefficient (Wildman–Crippen LogP) is 18.2. The van der Waals surface area contributed by atoms with E-state index in [9.17, 15) is 19.8 Å². The summed E-state index contributed by atoms with van der Waals surface area (Å²) in [6.45, 7) is 4.91. The molecule has 0 aromatic rings. The molecule has 0 fully saturated rings. The molecule has 0 bridgehead atoms. The Morgan fingerprint density at radius 2 is 0.712 bits per heavy atom. The molecule has 1 amide bonds. The summed E-state index contributed by atoms with van der Waals surface area (Å²) in [5.74, 6) is -0.0703. The van der Waals surface area contributed by atoms with Gasteiger partial charge in [0.15, 0.2) is 0 Å². The van der Waals surface area contributed by atoms with Gasteiger partial charge < -0.3 is 20.3 Å². The van der Waals surface area contributed by atoms with E-state index in [2.05, 4.69) is 31.3 Å². The highest BCUT2D eigenvalue weighted by molar-refractivity contribution is 5.76. The standard InChI is InChI=1S/C60H115NO5/c1-3-5-7-9-11-13-15-17-19-25-28-32-36-40-44-48-52-58(63)57(56-62)61-59(64)53-49-45-41-37-33-29-26-23-21-20-22-24-27-31-35-39-43-47-51-55-66-60(65)54-50-46-42-38-34-30-18-16-14-12-10-8-6-4-2/h20-21,48,52,57-58,62-63H,3-19,22-47,49-51,53-56H2,1-2H3,(H,61,64)/b21-20-,52-48+. The first kappa shape index (κ1) is 64.3. The van der Waals surface area contributed by atoms with Crippen molar-refractivity contribution in [3.63, 3.8) is 0 Å². The lowest BCUT2D eigenvalue weighted by atomic mass is 10.0. The Morgan fingerprint density at radius 1 is 0.409 bits per heavy atom. The first-order chi connectivity index (χ1) is 32.5. The highest BCUT2D eigenvalue weighted by Gasteiger charge is 2.18. The number of rotatable bonds is 55. The number of allylic oxidation sites excluding steroid dienone is 3. The maximum Gasteiger partial charge on any atom is 0.305 e. The molecule has 0 radical (unpaired) electrons. The fraction of sp³-hybridized carbons (Fsp3) is 0.900. The molecule has 0 spiro atoms. The Hall–Kier alpha value is -1.66. The van der Waals surface area contributed by atoms with Crippen molar-refractivity contribution in [2.45, 2.75) is 334 Å². The Morgan fingerprint density at radius 3 is 1.08 bits per heavy atom. The minimum absolute atomic E-state index is 0.00564. The Kier molecular flexibility index (Phi) is 54.5. The van der Waals surface area contributed by atoms with Crippen molar-refractivity contribution in [2.75, 3.05) is 13.2 Å². The highest BCUT2D eigenvalue weighted by atomic mass is 16.5. The average Bonchev–Trinajstić information content (AvgIpc) is 3.32. The van der Waals surface area contributed by atoms with Crippen LogP contribution in [0, 0.1) is 0 Å². The van der Waals surface area contributed by atoms with E-state index in [0.717, 1.165) is 51.4 Å². The minimum atomic E-state index is -0.850. The molecular weight excluding hydrogens is 815 g/mol. The monoisotopic (exact) mass is 930 g/mol. The number of amides is 1. The number of ether oxygens (including phenoxy) is 1. The van der Waals surface area contributed by atoms with Gasteiger partial charge in [0.25, 0.3) is 0 Å². The van der Waals surface area contributed by atoms with Crippen LogP contribution < -0.4 is 5.32 Å². The first-order valence-corrected chi connectivity index (χ1v) is 29.6.